The maximum atomic E-state index is 11.4. The van der Waals surface area contributed by atoms with Crippen LogP contribution in [0.1, 0.15) is 80.3 Å². The largest absolute Gasteiger partial charge is 0.480 e. The van der Waals surface area contributed by atoms with E-state index < -0.39 is 18.4 Å². The van der Waals surface area contributed by atoms with Crippen molar-refractivity contribution in [1.82, 2.24) is 5.32 Å². The van der Waals surface area contributed by atoms with Crippen LogP contribution in [0.5, 0.6) is 0 Å². The van der Waals surface area contributed by atoms with Crippen molar-refractivity contribution >= 4 is 11.9 Å². The van der Waals surface area contributed by atoms with Gasteiger partial charge in [0, 0.05) is 6.42 Å². The van der Waals surface area contributed by atoms with Crippen molar-refractivity contribution in [3.8, 4) is 0 Å². The van der Waals surface area contributed by atoms with Gasteiger partial charge in [-0.15, -0.1) is 0 Å². The maximum absolute atomic E-state index is 11.4. The molecule has 0 rings (SSSR count). The Hall–Kier alpha value is -1.06. The quantitative estimate of drug-likeness (QED) is 0.505. The second kappa shape index (κ2) is 13.4. The number of carbonyl (C=O) groups excluding carboxylic acids is 1. The second-order valence-electron chi connectivity index (χ2n) is 4.91. The molecule has 0 aliphatic rings. The summed E-state index contributed by atoms with van der Waals surface area (Å²) in [5, 5.41) is 10.4. The minimum absolute atomic E-state index is 0.184. The third-order valence-corrected chi connectivity index (χ3v) is 3.07. The fourth-order valence-electron chi connectivity index (χ4n) is 1.96. The molecule has 0 radical (unpaired) electrons. The topological polar surface area (TPSA) is 66.4 Å². The number of nitrogens with one attached hydrogen (secondary N) is 1. The summed E-state index contributed by atoms with van der Waals surface area (Å²) >= 11 is 0. The first-order valence-corrected chi connectivity index (χ1v) is 7.44. The lowest BCUT2D eigenvalue weighted by atomic mass is 10.1. The van der Waals surface area contributed by atoms with Gasteiger partial charge in [-0.05, 0) is 6.42 Å². The lowest BCUT2D eigenvalue weighted by molar-refractivity contribution is -0.137. The number of unbranched alkanes of at least 4 members (excludes halogenated alkanes) is 9. The predicted molar refractivity (Wildman–Crippen MR) is 77.1 cm³/mol. The van der Waals surface area contributed by atoms with Gasteiger partial charge in [0.2, 0.25) is 5.91 Å². The number of aliphatic carboxylic acids is 1. The van der Waals surface area contributed by atoms with Crippen LogP contribution in [0.3, 0.4) is 0 Å². The van der Waals surface area contributed by atoms with Gasteiger partial charge in [0.05, 0.1) is 2.74 Å². The van der Waals surface area contributed by atoms with Gasteiger partial charge in [-0.1, -0.05) is 64.7 Å². The molecule has 19 heavy (non-hydrogen) atoms. The summed E-state index contributed by atoms with van der Waals surface area (Å²) in [5.41, 5.74) is 0. The van der Waals surface area contributed by atoms with Crippen LogP contribution in [-0.2, 0) is 9.59 Å². The Morgan fingerprint density at radius 2 is 1.42 bits per heavy atom. The van der Waals surface area contributed by atoms with Crippen LogP contribution >= 0.6 is 0 Å². The number of carboxylic acid groups (broad SMARTS) is 1. The number of hydrogen-bond acceptors (Lipinski definition) is 2. The molecule has 0 aliphatic carbocycles. The van der Waals surface area contributed by atoms with Crippen molar-refractivity contribution in [3.05, 3.63) is 0 Å². The highest BCUT2D eigenvalue weighted by atomic mass is 16.4. The number of hydrogen-bond donors (Lipinski definition) is 2. The standard InChI is InChI=1S/C15H29NO3/c1-2-3-4-5-6-7-8-9-10-11-12-14(17)16-13-15(18)19/h2-13H2,1H3,(H,16,17)(H,18,19)/i13D2. The predicted octanol–water partition coefficient (Wildman–Crippen LogP) is 3.50. The van der Waals surface area contributed by atoms with Gasteiger partial charge in [0.1, 0.15) is 6.50 Å². The molecule has 0 saturated heterocycles. The molecule has 0 aromatic rings. The smallest absolute Gasteiger partial charge is 0.322 e. The third-order valence-electron chi connectivity index (χ3n) is 3.07. The Labute approximate surface area is 119 Å². The van der Waals surface area contributed by atoms with E-state index in [0.717, 1.165) is 12.8 Å². The molecular formula is C15H29NO3. The summed E-state index contributed by atoms with van der Waals surface area (Å²) in [4.78, 5) is 21.9. The van der Waals surface area contributed by atoms with Gasteiger partial charge < -0.3 is 10.4 Å². The van der Waals surface area contributed by atoms with E-state index in [9.17, 15) is 9.59 Å². The molecule has 2 N–H and O–H groups in total. The fourth-order valence-corrected chi connectivity index (χ4v) is 1.96. The zero-order valence-electron chi connectivity index (χ0n) is 14.0. The average Bonchev–Trinajstić information content (AvgIpc) is 2.40. The molecule has 0 aliphatic heterocycles. The first kappa shape index (κ1) is 14.4. The first-order chi connectivity index (χ1) is 9.90. The zero-order chi connectivity index (χ0) is 16.1. The van der Waals surface area contributed by atoms with E-state index in [4.69, 9.17) is 7.85 Å². The summed E-state index contributed by atoms with van der Waals surface area (Å²) < 4.78 is 14.2. The molecular weight excluding hydrogens is 242 g/mol. The van der Waals surface area contributed by atoms with Crippen molar-refractivity contribution in [3.63, 3.8) is 0 Å². The monoisotopic (exact) mass is 273 g/mol. The Morgan fingerprint density at radius 3 is 1.89 bits per heavy atom. The number of rotatable bonds is 13. The Kier molecular flexibility index (Phi) is 10.1. The molecule has 0 aromatic heterocycles. The van der Waals surface area contributed by atoms with Crippen LogP contribution in [-0.4, -0.2) is 23.5 Å². The van der Waals surface area contributed by atoms with Gasteiger partial charge in [0.15, 0.2) is 0 Å². The highest BCUT2D eigenvalue weighted by molar-refractivity contribution is 5.80. The van der Waals surface area contributed by atoms with Crippen LogP contribution in [0.4, 0.5) is 0 Å². The van der Waals surface area contributed by atoms with E-state index in [-0.39, 0.29) is 6.42 Å². The molecule has 112 valence electrons. The molecule has 4 heteroatoms. The van der Waals surface area contributed by atoms with Gasteiger partial charge in [0.25, 0.3) is 0 Å². The average molecular weight is 273 g/mol. The molecule has 0 aromatic carbocycles. The summed E-state index contributed by atoms with van der Waals surface area (Å²) in [6.07, 6.45) is 11.8. The summed E-state index contributed by atoms with van der Waals surface area (Å²) in [6, 6.07) is 0. The molecule has 0 atom stereocenters. The molecule has 0 unspecified atom stereocenters. The normalized spacial score (nSPS) is 12.7. The number of carboxylic acids is 1. The summed E-state index contributed by atoms with van der Waals surface area (Å²) in [5.74, 6) is -2.21. The molecule has 1 amide bonds. The van der Waals surface area contributed by atoms with Crippen LogP contribution in [0.15, 0.2) is 0 Å². The lowest BCUT2D eigenvalue weighted by Crippen LogP contribution is -2.28. The van der Waals surface area contributed by atoms with E-state index in [1.807, 2.05) is 5.32 Å². The number of carbonyl (C=O) groups is 2. The van der Waals surface area contributed by atoms with Gasteiger partial charge in [-0.3, -0.25) is 9.59 Å². The highest BCUT2D eigenvalue weighted by Gasteiger charge is 2.02. The molecule has 4 nitrogen and oxygen atoms in total. The Balaban J connectivity index is 3.43. The minimum Gasteiger partial charge on any atom is -0.480 e. The van der Waals surface area contributed by atoms with Crippen LogP contribution in [0.2, 0.25) is 0 Å². The van der Waals surface area contributed by atoms with E-state index >= 15 is 0 Å². The number of amides is 1. The summed E-state index contributed by atoms with van der Waals surface area (Å²) in [6.45, 7) is -0.465. The van der Waals surface area contributed by atoms with Crippen molar-refractivity contribution < 1.29 is 17.4 Å². The lowest BCUT2D eigenvalue weighted by Gasteiger charge is -2.03. The summed E-state index contributed by atoms with van der Waals surface area (Å²) in [7, 11) is 0. The van der Waals surface area contributed by atoms with Crippen LogP contribution in [0, 0.1) is 0 Å². The first-order valence-electron chi connectivity index (χ1n) is 8.44. The molecule has 0 spiro atoms. The zero-order valence-corrected chi connectivity index (χ0v) is 12.0. The van der Waals surface area contributed by atoms with E-state index in [1.165, 1.54) is 44.9 Å². The van der Waals surface area contributed by atoms with Crippen molar-refractivity contribution in [1.29, 1.82) is 0 Å². The van der Waals surface area contributed by atoms with Crippen molar-refractivity contribution in [2.45, 2.75) is 77.6 Å². The van der Waals surface area contributed by atoms with E-state index in [0.29, 0.717) is 6.42 Å². The van der Waals surface area contributed by atoms with Gasteiger partial charge in [-0.25, -0.2) is 0 Å². The van der Waals surface area contributed by atoms with Crippen LogP contribution in [0.25, 0.3) is 0 Å². The Morgan fingerprint density at radius 1 is 0.947 bits per heavy atom. The maximum Gasteiger partial charge on any atom is 0.322 e. The van der Waals surface area contributed by atoms with E-state index in [1.54, 1.807) is 0 Å². The highest BCUT2D eigenvalue weighted by Crippen LogP contribution is 2.11. The van der Waals surface area contributed by atoms with Gasteiger partial charge >= 0.3 is 5.97 Å². The minimum atomic E-state index is -2.67. The van der Waals surface area contributed by atoms with Crippen molar-refractivity contribution in [2.24, 2.45) is 0 Å². The van der Waals surface area contributed by atoms with Crippen LogP contribution < -0.4 is 5.32 Å². The molecule has 0 bridgehead atoms. The molecule has 0 fully saturated rings. The SMILES string of the molecule is [2H]C([2H])(NC(=O)CCCCCCCCCCCC)C(=O)O. The van der Waals surface area contributed by atoms with Gasteiger partial charge in [-0.2, -0.15) is 0 Å². The Bertz CT molecular complexity index is 309. The second-order valence-corrected chi connectivity index (χ2v) is 4.91. The molecule has 0 saturated carbocycles. The van der Waals surface area contributed by atoms with Crippen molar-refractivity contribution in [2.75, 3.05) is 6.50 Å². The molecule has 0 heterocycles. The third kappa shape index (κ3) is 14.9. The fraction of sp³-hybridized carbons (Fsp3) is 0.867. The van der Waals surface area contributed by atoms with E-state index in [2.05, 4.69) is 6.92 Å².